The second kappa shape index (κ2) is 9.00. The maximum absolute atomic E-state index is 13.5. The molecule has 0 aliphatic carbocycles. The van der Waals surface area contributed by atoms with Crippen molar-refractivity contribution in [3.05, 3.63) is 65.2 Å². The summed E-state index contributed by atoms with van der Waals surface area (Å²) in [6.07, 6.45) is 1.81. The standard InChI is InChI=1S/C25H32N4O/c1-4-10-27-11-13-28(14-12-27)25-26-23(18-21-8-6-5-7-9-21)24(30)29(25)22-16-19(2)15-20(3)17-22/h5-9,15-17,23H,4,10-14,18H2,1-3H3. The molecule has 1 amide bonds. The van der Waals surface area contributed by atoms with Crippen LogP contribution in [0.3, 0.4) is 0 Å². The number of hydrogen-bond donors (Lipinski definition) is 0. The molecule has 2 aromatic carbocycles. The van der Waals surface area contributed by atoms with Gasteiger partial charge in [-0.2, -0.15) is 0 Å². The van der Waals surface area contributed by atoms with Crippen LogP contribution in [0.2, 0.25) is 0 Å². The maximum Gasteiger partial charge on any atom is 0.259 e. The number of anilines is 1. The summed E-state index contributed by atoms with van der Waals surface area (Å²) in [5.41, 5.74) is 4.41. The molecule has 1 fully saturated rings. The topological polar surface area (TPSA) is 39.1 Å². The van der Waals surface area contributed by atoms with Crippen molar-refractivity contribution in [1.29, 1.82) is 0 Å². The van der Waals surface area contributed by atoms with Gasteiger partial charge >= 0.3 is 0 Å². The molecule has 1 saturated heterocycles. The summed E-state index contributed by atoms with van der Waals surface area (Å²) >= 11 is 0. The number of carbonyl (C=O) groups excluding carboxylic acids is 1. The molecule has 2 aromatic rings. The smallest absolute Gasteiger partial charge is 0.259 e. The molecule has 2 heterocycles. The van der Waals surface area contributed by atoms with Crippen molar-refractivity contribution < 1.29 is 4.79 Å². The third-order valence-corrected chi connectivity index (χ3v) is 5.91. The molecule has 0 aromatic heterocycles. The molecule has 2 aliphatic heterocycles. The molecule has 0 saturated carbocycles. The van der Waals surface area contributed by atoms with Gasteiger partial charge in [0.25, 0.3) is 5.91 Å². The normalized spacial score (nSPS) is 20.0. The third-order valence-electron chi connectivity index (χ3n) is 5.91. The number of aliphatic imine (C=N–C) groups is 1. The van der Waals surface area contributed by atoms with Crippen LogP contribution in [0.15, 0.2) is 53.5 Å². The zero-order valence-electron chi connectivity index (χ0n) is 18.3. The Morgan fingerprint density at radius 3 is 2.27 bits per heavy atom. The molecule has 0 spiro atoms. The van der Waals surface area contributed by atoms with Crippen LogP contribution < -0.4 is 4.90 Å². The molecule has 1 unspecified atom stereocenters. The van der Waals surface area contributed by atoms with Crippen LogP contribution in [0.4, 0.5) is 5.69 Å². The quantitative estimate of drug-likeness (QED) is 0.764. The second-order valence-corrected chi connectivity index (χ2v) is 8.48. The molecule has 158 valence electrons. The van der Waals surface area contributed by atoms with Crippen molar-refractivity contribution >= 4 is 17.6 Å². The predicted octanol–water partition coefficient (Wildman–Crippen LogP) is 3.64. The fourth-order valence-electron chi connectivity index (χ4n) is 4.50. The highest BCUT2D eigenvalue weighted by atomic mass is 16.2. The van der Waals surface area contributed by atoms with Crippen molar-refractivity contribution in [2.45, 2.75) is 39.7 Å². The van der Waals surface area contributed by atoms with Crippen LogP contribution in [-0.4, -0.2) is 60.4 Å². The molecule has 0 radical (unpaired) electrons. The van der Waals surface area contributed by atoms with Crippen molar-refractivity contribution in [1.82, 2.24) is 9.80 Å². The van der Waals surface area contributed by atoms with E-state index in [1.807, 2.05) is 23.1 Å². The van der Waals surface area contributed by atoms with E-state index in [0.717, 1.165) is 61.1 Å². The summed E-state index contributed by atoms with van der Waals surface area (Å²) in [6, 6.07) is 16.2. The molecule has 2 aliphatic rings. The molecule has 5 nitrogen and oxygen atoms in total. The SMILES string of the molecule is CCCN1CCN(C2=NC(Cc3ccccc3)C(=O)N2c2cc(C)cc(C)c2)CC1. The number of aryl methyl sites for hydroxylation is 2. The first-order chi connectivity index (χ1) is 14.5. The first kappa shape index (κ1) is 20.6. The van der Waals surface area contributed by atoms with E-state index in [0.29, 0.717) is 6.42 Å². The average molecular weight is 405 g/mol. The minimum absolute atomic E-state index is 0.0786. The zero-order chi connectivity index (χ0) is 21.1. The van der Waals surface area contributed by atoms with E-state index in [2.05, 4.69) is 60.9 Å². The summed E-state index contributed by atoms with van der Waals surface area (Å²) in [4.78, 5) is 25.2. The summed E-state index contributed by atoms with van der Waals surface area (Å²) < 4.78 is 0. The van der Waals surface area contributed by atoms with E-state index >= 15 is 0 Å². The first-order valence-electron chi connectivity index (χ1n) is 11.1. The zero-order valence-corrected chi connectivity index (χ0v) is 18.3. The van der Waals surface area contributed by atoms with Crippen molar-refractivity contribution in [2.24, 2.45) is 4.99 Å². The van der Waals surface area contributed by atoms with Gasteiger partial charge in [-0.05, 0) is 55.6 Å². The molecule has 5 heteroatoms. The summed E-state index contributed by atoms with van der Waals surface area (Å²) in [5, 5.41) is 0. The lowest BCUT2D eigenvalue weighted by molar-refractivity contribution is -0.118. The number of piperazine rings is 1. The largest absolute Gasteiger partial charge is 0.340 e. The average Bonchev–Trinajstić information content (AvgIpc) is 3.05. The van der Waals surface area contributed by atoms with Crippen molar-refractivity contribution in [3.63, 3.8) is 0 Å². The van der Waals surface area contributed by atoms with Gasteiger partial charge in [0.1, 0.15) is 6.04 Å². The van der Waals surface area contributed by atoms with Crippen LogP contribution >= 0.6 is 0 Å². The van der Waals surface area contributed by atoms with E-state index < -0.39 is 0 Å². The van der Waals surface area contributed by atoms with Crippen LogP contribution in [0.1, 0.15) is 30.0 Å². The Morgan fingerprint density at radius 1 is 0.967 bits per heavy atom. The Hall–Kier alpha value is -2.66. The van der Waals surface area contributed by atoms with Crippen LogP contribution in [0.5, 0.6) is 0 Å². The van der Waals surface area contributed by atoms with Crippen molar-refractivity contribution in [3.8, 4) is 0 Å². The highest BCUT2D eigenvalue weighted by Crippen LogP contribution is 2.27. The molecule has 0 N–H and O–H groups in total. The molecular weight excluding hydrogens is 372 g/mol. The first-order valence-corrected chi connectivity index (χ1v) is 11.1. The van der Waals surface area contributed by atoms with E-state index in [9.17, 15) is 4.79 Å². The van der Waals surface area contributed by atoms with Crippen LogP contribution in [0.25, 0.3) is 0 Å². The lowest BCUT2D eigenvalue weighted by atomic mass is 10.1. The summed E-state index contributed by atoms with van der Waals surface area (Å²) in [5.74, 6) is 0.900. The van der Waals surface area contributed by atoms with Crippen molar-refractivity contribution in [2.75, 3.05) is 37.6 Å². The minimum Gasteiger partial charge on any atom is -0.340 e. The van der Waals surface area contributed by atoms with Crippen LogP contribution in [0, 0.1) is 13.8 Å². The van der Waals surface area contributed by atoms with Gasteiger partial charge in [-0.25, -0.2) is 9.89 Å². The Kier molecular flexibility index (Phi) is 6.18. The number of rotatable bonds is 5. The highest BCUT2D eigenvalue weighted by Gasteiger charge is 2.39. The number of guanidine groups is 1. The molecular formula is C25H32N4O. The van der Waals surface area contributed by atoms with Gasteiger partial charge in [0.15, 0.2) is 0 Å². The van der Waals surface area contributed by atoms with Gasteiger partial charge in [0.2, 0.25) is 5.96 Å². The summed E-state index contributed by atoms with van der Waals surface area (Å²) in [7, 11) is 0. The van der Waals surface area contributed by atoms with Gasteiger partial charge in [-0.3, -0.25) is 9.69 Å². The van der Waals surface area contributed by atoms with Gasteiger partial charge < -0.3 is 4.90 Å². The van der Waals surface area contributed by atoms with Gasteiger partial charge in [0.05, 0.1) is 5.69 Å². The molecule has 0 bridgehead atoms. The fraction of sp³-hybridized carbons (Fsp3) is 0.440. The Labute approximate surface area is 180 Å². The molecule has 1 atom stereocenters. The minimum atomic E-state index is -0.364. The van der Waals surface area contributed by atoms with Gasteiger partial charge in [-0.15, -0.1) is 0 Å². The van der Waals surface area contributed by atoms with E-state index in [4.69, 9.17) is 4.99 Å². The van der Waals surface area contributed by atoms with E-state index in [1.54, 1.807) is 0 Å². The Morgan fingerprint density at radius 2 is 1.63 bits per heavy atom. The van der Waals surface area contributed by atoms with E-state index in [1.165, 1.54) is 6.42 Å². The van der Waals surface area contributed by atoms with Crippen LogP contribution in [-0.2, 0) is 11.2 Å². The Bertz CT molecular complexity index is 896. The molecule has 4 rings (SSSR count). The number of nitrogens with zero attached hydrogens (tertiary/aromatic N) is 4. The monoisotopic (exact) mass is 404 g/mol. The number of carbonyl (C=O) groups is 1. The number of benzene rings is 2. The van der Waals surface area contributed by atoms with E-state index in [-0.39, 0.29) is 11.9 Å². The molecule has 30 heavy (non-hydrogen) atoms. The third kappa shape index (κ3) is 4.41. The fourth-order valence-corrected chi connectivity index (χ4v) is 4.50. The Balaban J connectivity index is 1.63. The highest BCUT2D eigenvalue weighted by molar-refractivity contribution is 6.22. The van der Waals surface area contributed by atoms with Gasteiger partial charge in [0, 0.05) is 32.6 Å². The maximum atomic E-state index is 13.5. The number of hydrogen-bond acceptors (Lipinski definition) is 4. The number of amides is 1. The van der Waals surface area contributed by atoms with Gasteiger partial charge in [-0.1, -0.05) is 43.3 Å². The second-order valence-electron chi connectivity index (χ2n) is 8.48. The predicted molar refractivity (Wildman–Crippen MR) is 123 cm³/mol. The lowest BCUT2D eigenvalue weighted by Gasteiger charge is -2.37. The lowest BCUT2D eigenvalue weighted by Crippen LogP contribution is -2.53. The summed E-state index contributed by atoms with van der Waals surface area (Å²) in [6.45, 7) is 11.4.